The summed E-state index contributed by atoms with van der Waals surface area (Å²) in [5, 5.41) is 10.5. The molecule has 0 N–H and O–H groups in total. The highest BCUT2D eigenvalue weighted by Gasteiger charge is 2.24. The highest BCUT2D eigenvalue weighted by atomic mass is 32.2. The Morgan fingerprint density at radius 3 is 2.43 bits per heavy atom. The molecule has 0 aliphatic heterocycles. The molecule has 0 bridgehead atoms. The first-order valence-electron chi connectivity index (χ1n) is 11.2. The van der Waals surface area contributed by atoms with Crippen molar-refractivity contribution in [1.82, 2.24) is 24.7 Å². The van der Waals surface area contributed by atoms with Crippen molar-refractivity contribution in [2.24, 2.45) is 0 Å². The number of nitrogens with zero attached hydrogens (tertiary/aromatic N) is 5. The summed E-state index contributed by atoms with van der Waals surface area (Å²) in [6, 6.07) is 21.6. The first-order chi connectivity index (χ1) is 17.2. The van der Waals surface area contributed by atoms with Crippen molar-refractivity contribution in [3.05, 3.63) is 90.4 Å². The summed E-state index contributed by atoms with van der Waals surface area (Å²) >= 11 is 1.50. The third-order valence-electron chi connectivity index (χ3n) is 5.73. The molecule has 0 saturated heterocycles. The first-order valence-corrected chi connectivity index (χ1v) is 12.2. The van der Waals surface area contributed by atoms with Gasteiger partial charge < -0.3 is 9.30 Å². The summed E-state index contributed by atoms with van der Waals surface area (Å²) in [4.78, 5) is 22.1. The molecule has 3 heterocycles. The Morgan fingerprint density at radius 1 is 0.943 bits per heavy atom. The van der Waals surface area contributed by atoms with Crippen molar-refractivity contribution < 1.29 is 9.53 Å². The standard InChI is InChI=1S/C27H23N5O2S/c1-3-32-25(19-13-15-28-16-14-19)30-31-27(32)35-17-22-24(26(33)34-2)23(18-9-5-4-6-10-18)20-11-7-8-12-21(20)29-22/h4-16H,3,17H2,1-2H3. The van der Waals surface area contributed by atoms with Crippen LogP contribution < -0.4 is 0 Å². The summed E-state index contributed by atoms with van der Waals surface area (Å²) in [5.74, 6) is 0.804. The minimum Gasteiger partial charge on any atom is -0.465 e. The van der Waals surface area contributed by atoms with Crippen molar-refractivity contribution >= 4 is 28.6 Å². The Bertz CT molecular complexity index is 1490. The molecule has 5 rings (SSSR count). The van der Waals surface area contributed by atoms with E-state index in [4.69, 9.17) is 9.72 Å². The van der Waals surface area contributed by atoms with Gasteiger partial charge >= 0.3 is 5.97 Å². The van der Waals surface area contributed by atoms with Gasteiger partial charge in [0.1, 0.15) is 0 Å². The van der Waals surface area contributed by atoms with Crippen LogP contribution in [0.2, 0.25) is 0 Å². The highest BCUT2D eigenvalue weighted by Crippen LogP contribution is 2.36. The molecule has 3 aromatic heterocycles. The predicted octanol–water partition coefficient (Wildman–Crippen LogP) is 5.65. The smallest absolute Gasteiger partial charge is 0.340 e. The number of benzene rings is 2. The molecule has 0 atom stereocenters. The lowest BCUT2D eigenvalue weighted by Gasteiger charge is -2.16. The number of esters is 1. The third-order valence-corrected chi connectivity index (χ3v) is 6.71. The number of hydrogen-bond donors (Lipinski definition) is 0. The van der Waals surface area contributed by atoms with Crippen molar-refractivity contribution in [2.45, 2.75) is 24.4 Å². The van der Waals surface area contributed by atoms with Crippen LogP contribution in [0.25, 0.3) is 33.4 Å². The van der Waals surface area contributed by atoms with Crippen LogP contribution in [0.4, 0.5) is 0 Å². The number of thioether (sulfide) groups is 1. The first kappa shape index (κ1) is 22.7. The summed E-state index contributed by atoms with van der Waals surface area (Å²) in [6.45, 7) is 2.76. The molecular formula is C27H23N5O2S. The number of hydrogen-bond acceptors (Lipinski definition) is 7. The maximum absolute atomic E-state index is 13.1. The molecule has 0 radical (unpaired) electrons. The van der Waals surface area contributed by atoms with Gasteiger partial charge in [0.15, 0.2) is 11.0 Å². The Labute approximate surface area is 207 Å². The van der Waals surface area contributed by atoms with E-state index in [9.17, 15) is 4.79 Å². The van der Waals surface area contributed by atoms with Crippen molar-refractivity contribution in [1.29, 1.82) is 0 Å². The monoisotopic (exact) mass is 481 g/mol. The Hall–Kier alpha value is -4.04. The summed E-state index contributed by atoms with van der Waals surface area (Å²) in [7, 11) is 1.40. The fraction of sp³-hybridized carbons (Fsp3) is 0.148. The zero-order valence-electron chi connectivity index (χ0n) is 19.4. The zero-order valence-corrected chi connectivity index (χ0v) is 20.2. The van der Waals surface area contributed by atoms with Crippen LogP contribution >= 0.6 is 11.8 Å². The normalized spacial score (nSPS) is 11.0. The zero-order chi connectivity index (χ0) is 24.2. The second kappa shape index (κ2) is 10.1. The molecule has 0 aliphatic rings. The molecule has 0 aliphatic carbocycles. The minimum atomic E-state index is -0.410. The molecule has 0 fully saturated rings. The number of rotatable bonds is 7. The van der Waals surface area contributed by atoms with E-state index < -0.39 is 5.97 Å². The molecular weight excluding hydrogens is 458 g/mol. The molecule has 8 heteroatoms. The van der Waals surface area contributed by atoms with Gasteiger partial charge in [0.25, 0.3) is 0 Å². The van der Waals surface area contributed by atoms with Gasteiger partial charge in [-0.1, -0.05) is 60.3 Å². The van der Waals surface area contributed by atoms with Crippen LogP contribution in [-0.4, -0.2) is 37.8 Å². The van der Waals surface area contributed by atoms with Gasteiger partial charge in [0.2, 0.25) is 0 Å². The van der Waals surface area contributed by atoms with Gasteiger partial charge in [0, 0.05) is 41.2 Å². The molecule has 0 spiro atoms. The van der Waals surface area contributed by atoms with Crippen molar-refractivity contribution in [3.63, 3.8) is 0 Å². The second-order valence-electron chi connectivity index (χ2n) is 7.76. The average molecular weight is 482 g/mol. The lowest BCUT2D eigenvalue weighted by atomic mass is 9.94. The Balaban J connectivity index is 1.60. The van der Waals surface area contributed by atoms with Gasteiger partial charge in [-0.3, -0.25) is 9.97 Å². The van der Waals surface area contributed by atoms with E-state index >= 15 is 0 Å². The van der Waals surface area contributed by atoms with Crippen molar-refractivity contribution in [3.8, 4) is 22.5 Å². The molecule has 2 aromatic carbocycles. The molecule has 5 aromatic rings. The molecule has 174 valence electrons. The molecule has 35 heavy (non-hydrogen) atoms. The maximum atomic E-state index is 13.1. The lowest BCUT2D eigenvalue weighted by Crippen LogP contribution is -2.11. The number of aromatic nitrogens is 5. The topological polar surface area (TPSA) is 82.8 Å². The Morgan fingerprint density at radius 2 is 1.69 bits per heavy atom. The van der Waals surface area contributed by atoms with Crippen molar-refractivity contribution in [2.75, 3.05) is 7.11 Å². The van der Waals surface area contributed by atoms with Gasteiger partial charge in [-0.2, -0.15) is 0 Å². The van der Waals surface area contributed by atoms with Crippen LogP contribution in [0, 0.1) is 0 Å². The van der Waals surface area contributed by atoms with Gasteiger partial charge in [-0.15, -0.1) is 10.2 Å². The van der Waals surface area contributed by atoms with E-state index in [2.05, 4.69) is 26.7 Å². The molecule has 7 nitrogen and oxygen atoms in total. The fourth-order valence-corrected chi connectivity index (χ4v) is 5.07. The van der Waals surface area contributed by atoms with Crippen LogP contribution in [0.3, 0.4) is 0 Å². The number of fused-ring (bicyclic) bond motifs is 1. The minimum absolute atomic E-state index is 0.410. The molecule has 0 unspecified atom stereocenters. The number of pyridine rings is 2. The quantitative estimate of drug-likeness (QED) is 0.219. The number of ether oxygens (including phenoxy) is 1. The average Bonchev–Trinajstić information content (AvgIpc) is 3.34. The van der Waals surface area contributed by atoms with Crippen LogP contribution in [0.1, 0.15) is 23.0 Å². The van der Waals surface area contributed by atoms with Gasteiger partial charge in [0.05, 0.1) is 23.9 Å². The van der Waals surface area contributed by atoms with Crippen LogP contribution in [0.15, 0.2) is 84.3 Å². The fourth-order valence-electron chi connectivity index (χ4n) is 4.12. The largest absolute Gasteiger partial charge is 0.465 e. The van der Waals surface area contributed by atoms with Crippen LogP contribution in [-0.2, 0) is 17.0 Å². The molecule has 0 saturated carbocycles. The Kier molecular flexibility index (Phi) is 6.54. The van der Waals surface area contributed by atoms with E-state index in [0.29, 0.717) is 23.6 Å². The second-order valence-corrected chi connectivity index (χ2v) is 8.70. The van der Waals surface area contributed by atoms with E-state index in [-0.39, 0.29) is 0 Å². The van der Waals surface area contributed by atoms with E-state index in [1.807, 2.05) is 66.7 Å². The number of para-hydroxylation sites is 1. The number of methoxy groups -OCH3 is 1. The third kappa shape index (κ3) is 4.40. The number of carbonyl (C=O) groups excluding carboxylic acids is 1. The highest BCUT2D eigenvalue weighted by molar-refractivity contribution is 7.98. The predicted molar refractivity (Wildman–Crippen MR) is 137 cm³/mol. The summed E-state index contributed by atoms with van der Waals surface area (Å²) in [6.07, 6.45) is 3.48. The summed E-state index contributed by atoms with van der Waals surface area (Å²) in [5.41, 5.74) is 4.66. The van der Waals surface area contributed by atoms with Gasteiger partial charge in [-0.05, 0) is 30.7 Å². The van der Waals surface area contributed by atoms with E-state index in [1.165, 1.54) is 18.9 Å². The summed E-state index contributed by atoms with van der Waals surface area (Å²) < 4.78 is 7.27. The van der Waals surface area contributed by atoms with E-state index in [1.54, 1.807) is 12.4 Å². The maximum Gasteiger partial charge on any atom is 0.340 e. The van der Waals surface area contributed by atoms with Crippen LogP contribution in [0.5, 0.6) is 0 Å². The SMILES string of the molecule is CCn1c(SCc2nc3ccccc3c(-c3ccccc3)c2C(=O)OC)nnc1-c1ccncc1. The number of carbonyl (C=O) groups is 1. The van der Waals surface area contributed by atoms with E-state index in [0.717, 1.165) is 38.6 Å². The molecule has 0 amide bonds. The lowest BCUT2D eigenvalue weighted by molar-refractivity contribution is 0.0600. The van der Waals surface area contributed by atoms with Gasteiger partial charge in [-0.25, -0.2) is 4.79 Å².